The first-order valence-corrected chi connectivity index (χ1v) is 6.31. The predicted octanol–water partition coefficient (Wildman–Crippen LogP) is 1.90. The van der Waals surface area contributed by atoms with Gasteiger partial charge in [0, 0.05) is 17.6 Å². The SMILES string of the molecule is Cn1nc(C(=O)OCc2ccc(Br)cc2)ccc1=O. The Kier molecular flexibility index (Phi) is 4.11. The Balaban J connectivity index is 2.03. The van der Waals surface area contributed by atoms with Crippen molar-refractivity contribution in [3.63, 3.8) is 0 Å². The summed E-state index contributed by atoms with van der Waals surface area (Å²) in [4.78, 5) is 22.9. The quantitative estimate of drug-likeness (QED) is 0.810. The minimum atomic E-state index is -0.557. The van der Waals surface area contributed by atoms with Gasteiger partial charge in [-0.15, -0.1) is 0 Å². The van der Waals surface area contributed by atoms with Gasteiger partial charge in [-0.05, 0) is 23.8 Å². The molecule has 0 N–H and O–H groups in total. The van der Waals surface area contributed by atoms with Crippen molar-refractivity contribution in [2.45, 2.75) is 6.61 Å². The summed E-state index contributed by atoms with van der Waals surface area (Å²) in [5, 5.41) is 3.82. The Morgan fingerprint density at radius 1 is 1.26 bits per heavy atom. The molecule has 0 amide bonds. The largest absolute Gasteiger partial charge is 0.456 e. The molecule has 1 aromatic heterocycles. The van der Waals surface area contributed by atoms with E-state index in [9.17, 15) is 9.59 Å². The van der Waals surface area contributed by atoms with Gasteiger partial charge >= 0.3 is 5.97 Å². The van der Waals surface area contributed by atoms with E-state index in [0.29, 0.717) is 0 Å². The molecule has 0 saturated heterocycles. The Bertz CT molecular complexity index is 650. The number of nitrogens with zero attached hydrogens (tertiary/aromatic N) is 2. The second kappa shape index (κ2) is 5.79. The van der Waals surface area contributed by atoms with Crippen LogP contribution in [0.2, 0.25) is 0 Å². The van der Waals surface area contributed by atoms with Crippen molar-refractivity contribution in [2.75, 3.05) is 0 Å². The van der Waals surface area contributed by atoms with Gasteiger partial charge in [-0.1, -0.05) is 28.1 Å². The van der Waals surface area contributed by atoms with Crippen molar-refractivity contribution >= 4 is 21.9 Å². The first-order chi connectivity index (χ1) is 9.06. The van der Waals surface area contributed by atoms with Gasteiger partial charge in [-0.3, -0.25) is 4.79 Å². The maximum absolute atomic E-state index is 11.7. The molecule has 0 unspecified atom stereocenters. The van der Waals surface area contributed by atoms with E-state index < -0.39 is 5.97 Å². The van der Waals surface area contributed by atoms with Crippen LogP contribution in [0.3, 0.4) is 0 Å². The van der Waals surface area contributed by atoms with Crippen LogP contribution in [0.5, 0.6) is 0 Å². The van der Waals surface area contributed by atoms with Gasteiger partial charge in [0.2, 0.25) is 0 Å². The molecule has 0 atom stereocenters. The highest BCUT2D eigenvalue weighted by Gasteiger charge is 2.10. The Hall–Kier alpha value is -1.95. The number of hydrogen-bond donors (Lipinski definition) is 0. The summed E-state index contributed by atoms with van der Waals surface area (Å²) in [5.74, 6) is -0.557. The van der Waals surface area contributed by atoms with Gasteiger partial charge in [-0.25, -0.2) is 9.48 Å². The fraction of sp³-hybridized carbons (Fsp3) is 0.154. The number of aryl methyl sites for hydroxylation is 1. The van der Waals surface area contributed by atoms with Gasteiger partial charge < -0.3 is 4.74 Å². The third kappa shape index (κ3) is 3.51. The number of carbonyl (C=O) groups excluding carboxylic acids is 1. The van der Waals surface area contributed by atoms with Crippen molar-refractivity contribution in [3.8, 4) is 0 Å². The number of esters is 1. The van der Waals surface area contributed by atoms with E-state index >= 15 is 0 Å². The Morgan fingerprint density at radius 2 is 1.95 bits per heavy atom. The number of hydrogen-bond acceptors (Lipinski definition) is 4. The van der Waals surface area contributed by atoms with Gasteiger partial charge in [0.15, 0.2) is 5.69 Å². The number of carbonyl (C=O) groups is 1. The summed E-state index contributed by atoms with van der Waals surface area (Å²) in [6, 6.07) is 10.1. The first-order valence-electron chi connectivity index (χ1n) is 5.52. The molecule has 0 bridgehead atoms. The average Bonchev–Trinajstić information content (AvgIpc) is 2.41. The van der Waals surface area contributed by atoms with Crippen molar-refractivity contribution in [1.29, 1.82) is 0 Å². The summed E-state index contributed by atoms with van der Waals surface area (Å²) < 4.78 is 7.17. The zero-order valence-electron chi connectivity index (χ0n) is 10.2. The van der Waals surface area contributed by atoms with Crippen LogP contribution in [-0.4, -0.2) is 15.7 Å². The molecule has 0 saturated carbocycles. The van der Waals surface area contributed by atoms with Crippen LogP contribution in [-0.2, 0) is 18.4 Å². The van der Waals surface area contributed by atoms with Crippen molar-refractivity contribution in [1.82, 2.24) is 9.78 Å². The highest BCUT2D eigenvalue weighted by Crippen LogP contribution is 2.11. The van der Waals surface area contributed by atoms with Crippen LogP contribution in [0.15, 0.2) is 45.7 Å². The lowest BCUT2D eigenvalue weighted by Gasteiger charge is -2.05. The average molecular weight is 323 g/mol. The number of benzene rings is 1. The number of halogens is 1. The van der Waals surface area contributed by atoms with E-state index in [0.717, 1.165) is 14.7 Å². The molecule has 98 valence electrons. The minimum absolute atomic E-state index is 0.110. The van der Waals surface area contributed by atoms with E-state index in [1.54, 1.807) is 0 Å². The maximum Gasteiger partial charge on any atom is 0.359 e. The van der Waals surface area contributed by atoms with Crippen molar-refractivity contribution < 1.29 is 9.53 Å². The third-order valence-electron chi connectivity index (χ3n) is 2.45. The van der Waals surface area contributed by atoms with Crippen LogP contribution < -0.4 is 5.56 Å². The third-order valence-corrected chi connectivity index (χ3v) is 2.98. The lowest BCUT2D eigenvalue weighted by Crippen LogP contribution is -2.21. The first kappa shape index (κ1) is 13.5. The van der Waals surface area contributed by atoms with Crippen LogP contribution in [0, 0.1) is 0 Å². The summed E-state index contributed by atoms with van der Waals surface area (Å²) >= 11 is 3.33. The van der Waals surface area contributed by atoms with Crippen molar-refractivity contribution in [2.24, 2.45) is 7.05 Å². The smallest absolute Gasteiger partial charge is 0.359 e. The van der Waals surface area contributed by atoms with Crippen LogP contribution >= 0.6 is 15.9 Å². The molecule has 0 aliphatic heterocycles. The molecule has 6 heteroatoms. The fourth-order valence-electron chi connectivity index (χ4n) is 1.41. The van der Waals surface area contributed by atoms with E-state index in [-0.39, 0.29) is 17.9 Å². The standard InChI is InChI=1S/C13H11BrN2O3/c1-16-12(17)7-6-11(15-16)13(18)19-8-9-2-4-10(14)5-3-9/h2-7H,8H2,1H3. The molecule has 5 nitrogen and oxygen atoms in total. The molecule has 19 heavy (non-hydrogen) atoms. The second-order valence-electron chi connectivity index (χ2n) is 3.88. The minimum Gasteiger partial charge on any atom is -0.456 e. The summed E-state index contributed by atoms with van der Waals surface area (Å²) in [6.45, 7) is 0.163. The molecule has 1 heterocycles. The fourth-order valence-corrected chi connectivity index (χ4v) is 1.68. The second-order valence-corrected chi connectivity index (χ2v) is 4.80. The van der Waals surface area contributed by atoms with Gasteiger partial charge in [0.1, 0.15) is 6.61 Å². The Morgan fingerprint density at radius 3 is 2.58 bits per heavy atom. The van der Waals surface area contributed by atoms with E-state index in [1.165, 1.54) is 19.2 Å². The van der Waals surface area contributed by atoms with E-state index in [4.69, 9.17) is 4.74 Å². The molecule has 0 spiro atoms. The molecular weight excluding hydrogens is 312 g/mol. The van der Waals surface area contributed by atoms with Crippen LogP contribution in [0.25, 0.3) is 0 Å². The zero-order chi connectivity index (χ0) is 13.8. The van der Waals surface area contributed by atoms with Crippen LogP contribution in [0.1, 0.15) is 16.1 Å². The lowest BCUT2D eigenvalue weighted by molar-refractivity contribution is 0.0463. The lowest BCUT2D eigenvalue weighted by atomic mass is 10.2. The molecule has 0 radical (unpaired) electrons. The molecule has 1 aromatic carbocycles. The highest BCUT2D eigenvalue weighted by atomic mass is 79.9. The molecular formula is C13H11BrN2O3. The molecule has 0 aliphatic rings. The topological polar surface area (TPSA) is 61.2 Å². The predicted molar refractivity (Wildman–Crippen MR) is 72.7 cm³/mol. The molecule has 2 rings (SSSR count). The molecule has 0 aliphatic carbocycles. The Labute approximate surface area is 118 Å². The van der Waals surface area contributed by atoms with Gasteiger partial charge in [0.05, 0.1) is 0 Å². The molecule has 0 fully saturated rings. The monoisotopic (exact) mass is 322 g/mol. The summed E-state index contributed by atoms with van der Waals surface area (Å²) in [7, 11) is 1.48. The maximum atomic E-state index is 11.7. The summed E-state index contributed by atoms with van der Waals surface area (Å²) in [6.07, 6.45) is 0. The highest BCUT2D eigenvalue weighted by molar-refractivity contribution is 9.10. The zero-order valence-corrected chi connectivity index (χ0v) is 11.8. The normalized spacial score (nSPS) is 10.2. The molecule has 2 aromatic rings. The van der Waals surface area contributed by atoms with Crippen LogP contribution in [0.4, 0.5) is 0 Å². The van der Waals surface area contributed by atoms with E-state index in [2.05, 4.69) is 21.0 Å². The number of rotatable bonds is 3. The van der Waals surface area contributed by atoms with Crippen molar-refractivity contribution in [3.05, 3.63) is 62.5 Å². The van der Waals surface area contributed by atoms with Gasteiger partial charge in [0.25, 0.3) is 5.56 Å². The number of aromatic nitrogens is 2. The summed E-state index contributed by atoms with van der Waals surface area (Å²) in [5.41, 5.74) is 0.713. The van der Waals surface area contributed by atoms with Gasteiger partial charge in [-0.2, -0.15) is 5.10 Å². The van der Waals surface area contributed by atoms with E-state index in [1.807, 2.05) is 24.3 Å². The number of ether oxygens (including phenoxy) is 1.